The molecule has 0 radical (unpaired) electrons. The number of carbonyl (C=O) groups excluding carboxylic acids is 2. The van der Waals surface area contributed by atoms with Crippen molar-refractivity contribution in [1.82, 2.24) is 5.32 Å². The number of ketones is 1. The monoisotopic (exact) mass is 329 g/mol. The first-order valence-electron chi connectivity index (χ1n) is 8.92. The number of hydrogen-bond donors (Lipinski definition) is 1. The zero-order valence-corrected chi connectivity index (χ0v) is 15.1. The van der Waals surface area contributed by atoms with E-state index in [0.29, 0.717) is 32.0 Å². The van der Waals surface area contributed by atoms with Gasteiger partial charge < -0.3 is 14.8 Å². The van der Waals surface area contributed by atoms with Crippen molar-refractivity contribution < 1.29 is 20.5 Å². The van der Waals surface area contributed by atoms with Gasteiger partial charge in [-0.2, -0.15) is 0 Å². The van der Waals surface area contributed by atoms with Crippen LogP contribution in [0.5, 0.6) is 0 Å². The largest absolute Gasteiger partial charge is 0.379 e. The zero-order chi connectivity index (χ0) is 17.2. The fourth-order valence-electron chi connectivity index (χ4n) is 2.90. The third kappa shape index (κ3) is 8.47. The van der Waals surface area contributed by atoms with Crippen molar-refractivity contribution in [2.24, 2.45) is 11.8 Å². The Bertz CT molecular complexity index is 366. The van der Waals surface area contributed by atoms with E-state index in [2.05, 4.69) is 5.32 Å². The molecule has 0 aromatic carbocycles. The summed E-state index contributed by atoms with van der Waals surface area (Å²) in [6.07, 6.45) is 4.18. The van der Waals surface area contributed by atoms with Gasteiger partial charge in [-0.3, -0.25) is 9.59 Å². The lowest BCUT2D eigenvalue weighted by atomic mass is 9.80. The van der Waals surface area contributed by atoms with Gasteiger partial charge in [-0.25, -0.2) is 0 Å². The molecule has 1 aliphatic carbocycles. The molecule has 1 N–H and O–H groups in total. The van der Waals surface area contributed by atoms with Gasteiger partial charge in [0.1, 0.15) is 5.78 Å². The van der Waals surface area contributed by atoms with Crippen LogP contribution in [0.2, 0.25) is 0 Å². The molecule has 0 heterocycles. The Morgan fingerprint density at radius 1 is 1.04 bits per heavy atom. The summed E-state index contributed by atoms with van der Waals surface area (Å²) in [5.41, 5.74) is 0. The maximum Gasteiger partial charge on any atom is 0.222 e. The van der Waals surface area contributed by atoms with Crippen LogP contribution in [0, 0.1) is 11.8 Å². The second kappa shape index (κ2) is 10.8. The van der Waals surface area contributed by atoms with Gasteiger partial charge in [0, 0.05) is 25.7 Å². The van der Waals surface area contributed by atoms with Gasteiger partial charge in [0.05, 0.1) is 25.9 Å². The van der Waals surface area contributed by atoms with Crippen LogP contribution in [-0.2, 0) is 19.1 Å². The molecule has 5 heteroatoms. The molecular weight excluding hydrogens is 294 g/mol. The lowest BCUT2D eigenvalue weighted by Gasteiger charge is -2.29. The van der Waals surface area contributed by atoms with Gasteiger partial charge in [0.25, 0.3) is 0 Å². The van der Waals surface area contributed by atoms with Gasteiger partial charge in [-0.05, 0) is 39.5 Å². The Morgan fingerprint density at radius 3 is 2.26 bits per heavy atom. The highest BCUT2D eigenvalue weighted by Gasteiger charge is 2.27. The van der Waals surface area contributed by atoms with Gasteiger partial charge in [0.2, 0.25) is 5.91 Å². The van der Waals surface area contributed by atoms with Gasteiger partial charge in [0.15, 0.2) is 0 Å². The minimum absolute atomic E-state index is 0. The van der Waals surface area contributed by atoms with Crippen LogP contribution in [0.15, 0.2) is 0 Å². The molecule has 0 aromatic rings. The highest BCUT2D eigenvalue weighted by Crippen LogP contribution is 2.27. The van der Waals surface area contributed by atoms with Crippen molar-refractivity contribution in [2.75, 3.05) is 19.8 Å². The quantitative estimate of drug-likeness (QED) is 0.626. The molecule has 1 amide bonds. The van der Waals surface area contributed by atoms with Crippen LogP contribution in [0.25, 0.3) is 0 Å². The van der Waals surface area contributed by atoms with E-state index in [1.165, 1.54) is 0 Å². The standard InChI is InChI=1S/C18H33NO4.H2/c1-13(2)18(21)15-5-7-16(8-6-15)19-17(20)9-10-22-11-12-23-14(3)4;/h13-16H,5-12H2,1-4H3,(H,19,20);1H. The summed E-state index contributed by atoms with van der Waals surface area (Å²) in [6.45, 7) is 9.40. The molecule has 23 heavy (non-hydrogen) atoms. The Balaban J connectivity index is 0.00000529. The van der Waals surface area contributed by atoms with E-state index in [1.807, 2.05) is 27.7 Å². The summed E-state index contributed by atoms with van der Waals surface area (Å²) in [5.74, 6) is 0.704. The van der Waals surface area contributed by atoms with Crippen LogP contribution in [-0.4, -0.2) is 43.7 Å². The van der Waals surface area contributed by atoms with E-state index in [9.17, 15) is 9.59 Å². The number of Topliss-reactive ketones (excluding diaryl/α,β-unsaturated/α-hetero) is 1. The molecule has 5 nitrogen and oxygen atoms in total. The number of carbonyl (C=O) groups is 2. The predicted octanol–water partition coefficient (Wildman–Crippen LogP) is 2.96. The van der Waals surface area contributed by atoms with E-state index in [4.69, 9.17) is 9.47 Å². The van der Waals surface area contributed by atoms with Crippen molar-refractivity contribution >= 4 is 11.7 Å². The van der Waals surface area contributed by atoms with Gasteiger partial charge in [-0.15, -0.1) is 0 Å². The van der Waals surface area contributed by atoms with E-state index >= 15 is 0 Å². The van der Waals surface area contributed by atoms with E-state index in [0.717, 1.165) is 25.7 Å². The van der Waals surface area contributed by atoms with E-state index in [1.54, 1.807) is 0 Å². The average molecular weight is 329 g/mol. The lowest BCUT2D eigenvalue weighted by Crippen LogP contribution is -2.39. The zero-order valence-electron chi connectivity index (χ0n) is 15.1. The van der Waals surface area contributed by atoms with Crippen molar-refractivity contribution in [3.05, 3.63) is 0 Å². The predicted molar refractivity (Wildman–Crippen MR) is 92.4 cm³/mol. The summed E-state index contributed by atoms with van der Waals surface area (Å²) in [6, 6.07) is 0.211. The van der Waals surface area contributed by atoms with Crippen molar-refractivity contribution in [3.63, 3.8) is 0 Å². The molecule has 0 aromatic heterocycles. The van der Waals surface area contributed by atoms with Gasteiger partial charge >= 0.3 is 0 Å². The topological polar surface area (TPSA) is 64.6 Å². The normalized spacial score (nSPS) is 21.7. The SMILES string of the molecule is CC(C)OCCOCCC(=O)NC1CCC(C(=O)C(C)C)CC1.[HH]. The first kappa shape index (κ1) is 20.1. The van der Waals surface area contributed by atoms with Crippen molar-refractivity contribution in [1.29, 1.82) is 0 Å². The lowest BCUT2D eigenvalue weighted by molar-refractivity contribution is -0.127. The van der Waals surface area contributed by atoms with E-state index in [-0.39, 0.29) is 31.3 Å². The third-order valence-corrected chi connectivity index (χ3v) is 4.22. The maximum absolute atomic E-state index is 12.0. The molecule has 1 saturated carbocycles. The number of hydrogen-bond acceptors (Lipinski definition) is 4. The van der Waals surface area contributed by atoms with Crippen LogP contribution < -0.4 is 5.32 Å². The van der Waals surface area contributed by atoms with Crippen LogP contribution in [0.1, 0.15) is 61.2 Å². The summed E-state index contributed by atoms with van der Waals surface area (Å²) in [4.78, 5) is 23.9. The molecule has 1 rings (SSSR count). The molecule has 0 spiro atoms. The smallest absolute Gasteiger partial charge is 0.222 e. The molecular formula is C18H35NO4. The highest BCUT2D eigenvalue weighted by molar-refractivity contribution is 5.83. The van der Waals surface area contributed by atoms with Crippen LogP contribution in [0.3, 0.4) is 0 Å². The minimum atomic E-state index is 0. The summed E-state index contributed by atoms with van der Waals surface area (Å²) >= 11 is 0. The molecule has 1 aliphatic rings. The summed E-state index contributed by atoms with van der Waals surface area (Å²) in [7, 11) is 0. The Labute approximate surface area is 142 Å². The van der Waals surface area contributed by atoms with Crippen LogP contribution >= 0.6 is 0 Å². The Hall–Kier alpha value is -0.940. The molecule has 1 fully saturated rings. The molecule has 136 valence electrons. The fourth-order valence-corrected chi connectivity index (χ4v) is 2.90. The summed E-state index contributed by atoms with van der Waals surface area (Å²) in [5, 5.41) is 3.06. The number of rotatable bonds is 10. The van der Waals surface area contributed by atoms with Crippen molar-refractivity contribution in [3.8, 4) is 0 Å². The highest BCUT2D eigenvalue weighted by atomic mass is 16.5. The summed E-state index contributed by atoms with van der Waals surface area (Å²) < 4.78 is 10.8. The third-order valence-electron chi connectivity index (χ3n) is 4.22. The first-order chi connectivity index (χ1) is 10.9. The second-order valence-electron chi connectivity index (χ2n) is 6.96. The first-order valence-corrected chi connectivity index (χ1v) is 8.92. The number of amides is 1. The molecule has 0 aliphatic heterocycles. The number of nitrogens with one attached hydrogen (secondary N) is 1. The fraction of sp³-hybridized carbons (Fsp3) is 0.889. The van der Waals surface area contributed by atoms with E-state index < -0.39 is 0 Å². The van der Waals surface area contributed by atoms with Crippen LogP contribution in [0.4, 0.5) is 0 Å². The molecule has 0 saturated heterocycles. The maximum atomic E-state index is 12.0. The average Bonchev–Trinajstić information content (AvgIpc) is 2.50. The van der Waals surface area contributed by atoms with Gasteiger partial charge in [-0.1, -0.05) is 13.8 Å². The molecule has 0 unspecified atom stereocenters. The second-order valence-corrected chi connectivity index (χ2v) is 6.96. The number of ether oxygens (including phenoxy) is 2. The Kier molecular flexibility index (Phi) is 9.41. The molecule has 0 bridgehead atoms. The minimum Gasteiger partial charge on any atom is -0.379 e. The van der Waals surface area contributed by atoms with Crippen molar-refractivity contribution in [2.45, 2.75) is 71.9 Å². The molecule has 0 atom stereocenters. The Morgan fingerprint density at radius 2 is 1.70 bits per heavy atom.